The van der Waals surface area contributed by atoms with Crippen LogP contribution in [0.25, 0.3) is 0 Å². The number of halogens is 5. The van der Waals surface area contributed by atoms with Crippen molar-refractivity contribution in [1.82, 2.24) is 0 Å². The molecule has 0 aromatic carbocycles. The van der Waals surface area contributed by atoms with Gasteiger partial charge in [0.1, 0.15) is 0 Å². The second kappa shape index (κ2) is 18.7. The minimum absolute atomic E-state index is 0.194. The van der Waals surface area contributed by atoms with Gasteiger partial charge in [0, 0.05) is 6.92 Å². The van der Waals surface area contributed by atoms with E-state index in [4.69, 9.17) is 58.0 Å². The fraction of sp³-hybridized carbons (Fsp3) is 0.833. The molecule has 0 rings (SSSR count). The van der Waals surface area contributed by atoms with Gasteiger partial charge in [-0.2, -0.15) is 0 Å². The Morgan fingerprint density at radius 1 is 1.31 bits per heavy atom. The molecule has 0 saturated carbocycles. The monoisotopic (exact) mass is 290 g/mol. The molecule has 0 aliphatic heterocycles. The number of ether oxygens (including phenoxy) is 1. The predicted molar refractivity (Wildman–Crippen MR) is 60.2 cm³/mol. The number of carbonyl (C=O) groups excluding carboxylic acids is 1. The van der Waals surface area contributed by atoms with E-state index in [1.165, 1.54) is 6.92 Å². The molecule has 0 heterocycles. The molecule has 0 atom stereocenters. The molecule has 0 aromatic heterocycles. The van der Waals surface area contributed by atoms with E-state index in [-0.39, 0.29) is 11.3 Å². The number of esters is 1. The van der Waals surface area contributed by atoms with Crippen molar-refractivity contribution in [1.29, 1.82) is 0 Å². The molecule has 0 radical (unpaired) electrons. The first-order valence-corrected chi connectivity index (χ1v) is 5.47. The second-order valence-corrected chi connectivity index (χ2v) is 4.06. The van der Waals surface area contributed by atoms with Crippen LogP contribution in [0, 0.1) is 0 Å². The van der Waals surface area contributed by atoms with Crippen molar-refractivity contribution in [2.45, 2.75) is 18.1 Å². The highest BCUT2D eigenvalue weighted by Crippen LogP contribution is 2.03. The zero-order valence-corrected chi connectivity index (χ0v) is 11.0. The minimum atomic E-state index is -0.750. The molecule has 0 aromatic rings. The van der Waals surface area contributed by atoms with Crippen molar-refractivity contribution in [2.75, 3.05) is 11.9 Å². The van der Waals surface area contributed by atoms with Crippen LogP contribution in [-0.4, -0.2) is 22.2 Å². The van der Waals surface area contributed by atoms with E-state index < -0.39 is 4.30 Å². The Morgan fingerprint density at radius 3 is 1.54 bits per heavy atom. The van der Waals surface area contributed by atoms with E-state index in [0.717, 1.165) is 0 Å². The van der Waals surface area contributed by atoms with Gasteiger partial charge in [0.25, 0.3) is 0 Å². The molecule has 0 saturated heterocycles. The molecular formula is C6H11Cl5O2. The highest BCUT2D eigenvalue weighted by molar-refractivity contribution is 6.63. The van der Waals surface area contributed by atoms with Gasteiger partial charge in [-0.3, -0.25) is 4.79 Å². The summed E-state index contributed by atoms with van der Waals surface area (Å²) in [5.41, 5.74) is 0. The molecular weight excluding hydrogens is 281 g/mol. The Morgan fingerprint density at radius 2 is 1.54 bits per heavy atom. The van der Waals surface area contributed by atoms with Gasteiger partial charge in [-0.05, 0) is 6.92 Å². The summed E-state index contributed by atoms with van der Waals surface area (Å²) in [6.07, 6.45) is 0. The number of carbonyl (C=O) groups is 1. The number of alkyl halides is 5. The van der Waals surface area contributed by atoms with Crippen molar-refractivity contribution in [3.8, 4) is 0 Å². The average Bonchev–Trinajstić information content (AvgIpc) is 1.86. The highest BCUT2D eigenvalue weighted by atomic mass is 35.6. The molecule has 0 fully saturated rings. The fourth-order valence-electron chi connectivity index (χ4n) is 0.203. The van der Waals surface area contributed by atoms with E-state index in [0.29, 0.717) is 6.61 Å². The van der Waals surface area contributed by atoms with Crippen LogP contribution in [0.3, 0.4) is 0 Å². The smallest absolute Gasteiger partial charge is 0.302 e. The standard InChI is InChI=1S/C4H8O2.CHCl3.CH2Cl2/c1-3-6-4(2)5;2-1(3)4;2-1-3/h3H2,1-2H3;1H;1H2. The SMILES string of the molecule is CCOC(C)=O.ClC(Cl)Cl.ClCCl. The first-order valence-electron chi connectivity index (χ1n) is 3.09. The molecule has 0 spiro atoms. The van der Waals surface area contributed by atoms with Crippen LogP contribution in [0.5, 0.6) is 0 Å². The molecule has 82 valence electrons. The fourth-order valence-corrected chi connectivity index (χ4v) is 0.203. The lowest BCUT2D eigenvalue weighted by atomic mass is 10.8. The zero-order valence-electron chi connectivity index (χ0n) is 7.20. The number of hydrogen-bond acceptors (Lipinski definition) is 2. The van der Waals surface area contributed by atoms with E-state index >= 15 is 0 Å². The molecule has 0 aliphatic rings. The first kappa shape index (κ1) is 19.5. The summed E-state index contributed by atoms with van der Waals surface area (Å²) in [4.78, 5) is 9.82. The molecule has 13 heavy (non-hydrogen) atoms. The van der Waals surface area contributed by atoms with Crippen LogP contribution in [-0.2, 0) is 9.53 Å². The Labute approximate surface area is 103 Å². The first-order chi connectivity index (χ1) is 5.92. The van der Waals surface area contributed by atoms with Gasteiger partial charge in [-0.15, -0.1) is 23.2 Å². The third-order valence-electron chi connectivity index (χ3n) is 0.348. The van der Waals surface area contributed by atoms with Crippen LogP contribution >= 0.6 is 58.0 Å². The van der Waals surface area contributed by atoms with Crippen molar-refractivity contribution < 1.29 is 9.53 Å². The van der Waals surface area contributed by atoms with Gasteiger partial charge in [-0.1, -0.05) is 34.8 Å². The number of rotatable bonds is 1. The van der Waals surface area contributed by atoms with Crippen LogP contribution in [0.4, 0.5) is 0 Å². The van der Waals surface area contributed by atoms with Gasteiger partial charge in [-0.25, -0.2) is 0 Å². The lowest BCUT2D eigenvalue weighted by Crippen LogP contribution is -1.95. The molecule has 0 bridgehead atoms. The topological polar surface area (TPSA) is 26.3 Å². The Kier molecular flexibility index (Phi) is 28.0. The summed E-state index contributed by atoms with van der Waals surface area (Å²) in [7, 11) is 0. The Balaban J connectivity index is -0.000000125. The predicted octanol–water partition coefficient (Wildman–Crippen LogP) is 3.98. The second-order valence-electron chi connectivity index (χ2n) is 1.27. The highest BCUT2D eigenvalue weighted by Gasteiger charge is 1.81. The Bertz CT molecular complexity index is 96.3. The van der Waals surface area contributed by atoms with E-state index in [2.05, 4.69) is 4.74 Å². The lowest BCUT2D eigenvalue weighted by Gasteiger charge is -1.89. The Hall–Kier alpha value is 0.920. The molecule has 0 N–H and O–H groups in total. The maximum Gasteiger partial charge on any atom is 0.302 e. The van der Waals surface area contributed by atoms with Crippen LogP contribution < -0.4 is 0 Å². The third-order valence-corrected chi connectivity index (χ3v) is 0.348. The van der Waals surface area contributed by atoms with Crippen LogP contribution in [0.2, 0.25) is 0 Å². The number of hydrogen-bond donors (Lipinski definition) is 0. The normalized spacial score (nSPS) is 7.69. The van der Waals surface area contributed by atoms with Crippen molar-refractivity contribution in [3.05, 3.63) is 0 Å². The average molecular weight is 292 g/mol. The van der Waals surface area contributed by atoms with Gasteiger partial charge < -0.3 is 4.74 Å². The van der Waals surface area contributed by atoms with Gasteiger partial charge in [0.15, 0.2) is 4.30 Å². The maximum atomic E-state index is 9.82. The van der Waals surface area contributed by atoms with E-state index in [1.807, 2.05) is 0 Å². The van der Waals surface area contributed by atoms with E-state index in [1.54, 1.807) is 6.92 Å². The maximum absolute atomic E-state index is 9.82. The molecule has 2 nitrogen and oxygen atoms in total. The molecule has 0 amide bonds. The largest absolute Gasteiger partial charge is 0.466 e. The summed E-state index contributed by atoms with van der Waals surface area (Å²) < 4.78 is 3.65. The van der Waals surface area contributed by atoms with Gasteiger partial charge in [0.05, 0.1) is 11.9 Å². The summed E-state index contributed by atoms with van der Waals surface area (Å²) in [5.74, 6) is -0.211. The summed E-state index contributed by atoms with van der Waals surface area (Å²) in [5, 5.41) is 0.194. The third kappa shape index (κ3) is 100. The van der Waals surface area contributed by atoms with Crippen LogP contribution in [0.15, 0.2) is 0 Å². The van der Waals surface area contributed by atoms with E-state index in [9.17, 15) is 4.79 Å². The zero-order chi connectivity index (χ0) is 11.3. The van der Waals surface area contributed by atoms with Crippen molar-refractivity contribution in [2.24, 2.45) is 0 Å². The van der Waals surface area contributed by atoms with Crippen molar-refractivity contribution in [3.63, 3.8) is 0 Å². The lowest BCUT2D eigenvalue weighted by molar-refractivity contribution is -0.140. The van der Waals surface area contributed by atoms with Gasteiger partial charge >= 0.3 is 5.97 Å². The van der Waals surface area contributed by atoms with Crippen molar-refractivity contribution >= 4 is 64.0 Å². The molecule has 0 unspecified atom stereocenters. The van der Waals surface area contributed by atoms with Gasteiger partial charge in [0.2, 0.25) is 0 Å². The molecule has 0 aliphatic carbocycles. The quantitative estimate of drug-likeness (QED) is 0.540. The van der Waals surface area contributed by atoms with Crippen LogP contribution in [0.1, 0.15) is 13.8 Å². The summed E-state index contributed by atoms with van der Waals surface area (Å²) in [6, 6.07) is 0. The summed E-state index contributed by atoms with van der Waals surface area (Å²) in [6.45, 7) is 3.65. The summed E-state index contributed by atoms with van der Waals surface area (Å²) >= 11 is 23.9. The molecule has 7 heteroatoms. The minimum Gasteiger partial charge on any atom is -0.466 e.